The van der Waals surface area contributed by atoms with Crippen molar-refractivity contribution in [2.24, 2.45) is 9.50 Å². The van der Waals surface area contributed by atoms with Gasteiger partial charge in [0.25, 0.3) is 0 Å². The number of nitrogens with two attached hydrogens (primary N) is 1. The van der Waals surface area contributed by atoms with E-state index in [4.69, 9.17) is 5.14 Å². The normalized spacial score (nSPS) is 14.0. The molecule has 2 rings (SSSR count). The van der Waals surface area contributed by atoms with Gasteiger partial charge in [-0.15, -0.1) is 15.7 Å². The summed E-state index contributed by atoms with van der Waals surface area (Å²) in [6.07, 6.45) is 0. The molecule has 12 heteroatoms. The molecular formula is C21H28F3N3O4S2. The van der Waals surface area contributed by atoms with Crippen LogP contribution in [0.3, 0.4) is 0 Å². The van der Waals surface area contributed by atoms with E-state index in [0.29, 0.717) is 28.2 Å². The van der Waals surface area contributed by atoms with Crippen LogP contribution in [-0.2, 0) is 15.5 Å². The second kappa shape index (κ2) is 10.00. The Kier molecular flexibility index (Phi) is 8.21. The lowest BCUT2D eigenvalue weighted by Gasteiger charge is -2.21. The number of aliphatic hydroxyl groups is 1. The van der Waals surface area contributed by atoms with Gasteiger partial charge in [-0.05, 0) is 55.0 Å². The van der Waals surface area contributed by atoms with Crippen LogP contribution < -0.4 is 15.2 Å². The van der Waals surface area contributed by atoms with Gasteiger partial charge in [0.05, 0.1) is 5.60 Å². The fourth-order valence-corrected chi connectivity index (χ4v) is 5.37. The molecule has 1 aromatic heterocycles. The summed E-state index contributed by atoms with van der Waals surface area (Å²) in [5.74, 6) is -1.41. The molecular weight excluding hydrogens is 479 g/mol. The number of nitrogens with one attached hydrogen (secondary N) is 1. The molecule has 0 bridgehead atoms. The van der Waals surface area contributed by atoms with Crippen molar-refractivity contribution < 1.29 is 32.0 Å². The van der Waals surface area contributed by atoms with Crippen molar-refractivity contribution in [3.63, 3.8) is 0 Å². The van der Waals surface area contributed by atoms with Crippen LogP contribution in [-0.4, -0.2) is 22.0 Å². The Morgan fingerprint density at radius 2 is 1.70 bits per heavy atom. The second-order valence-corrected chi connectivity index (χ2v) is 11.6. The summed E-state index contributed by atoms with van der Waals surface area (Å²) in [6.45, 7) is 7.01. The van der Waals surface area contributed by atoms with Crippen molar-refractivity contribution in [1.82, 2.24) is 0 Å². The maximum atomic E-state index is 14.4. The van der Waals surface area contributed by atoms with Crippen molar-refractivity contribution in [1.29, 1.82) is 0 Å². The van der Waals surface area contributed by atoms with Crippen molar-refractivity contribution in [3.8, 4) is 5.75 Å². The lowest BCUT2D eigenvalue weighted by atomic mass is 9.92. The molecule has 1 heterocycles. The van der Waals surface area contributed by atoms with E-state index >= 15 is 0 Å². The Morgan fingerprint density at radius 3 is 2.09 bits per heavy atom. The van der Waals surface area contributed by atoms with Crippen molar-refractivity contribution >= 4 is 33.0 Å². The van der Waals surface area contributed by atoms with Gasteiger partial charge in [-0.25, -0.2) is 18.5 Å². The molecule has 0 aliphatic heterocycles. The van der Waals surface area contributed by atoms with E-state index in [1.54, 1.807) is 27.7 Å². The number of hydrogen-bond acceptors (Lipinski definition) is 5. The first kappa shape index (κ1) is 27.1. The van der Waals surface area contributed by atoms with E-state index in [1.165, 1.54) is 26.0 Å². The van der Waals surface area contributed by atoms with Gasteiger partial charge in [-0.1, -0.05) is 27.7 Å². The van der Waals surface area contributed by atoms with E-state index in [9.17, 15) is 27.3 Å². The summed E-state index contributed by atoms with van der Waals surface area (Å²) in [5, 5.41) is 18.3. The maximum absolute atomic E-state index is 14.4. The first-order valence-electron chi connectivity index (χ1n) is 10.0. The first-order chi connectivity index (χ1) is 15.0. The van der Waals surface area contributed by atoms with Crippen LogP contribution in [0.15, 0.2) is 26.8 Å². The number of nitrogens with zero attached hydrogens (tertiary/aromatic N) is 1. The smallest absolute Gasteiger partial charge is 0.387 e. The van der Waals surface area contributed by atoms with E-state index in [0.717, 1.165) is 6.07 Å². The number of carbonyl (C=O) groups excluding carboxylic acids is 1. The number of amides is 2. The van der Waals surface area contributed by atoms with Crippen LogP contribution in [0.4, 0.5) is 23.7 Å². The number of carbonyl (C=O) groups is 1. The summed E-state index contributed by atoms with van der Waals surface area (Å²) in [7, 11) is -3.97. The Balaban J connectivity index is 2.52. The number of thiophene rings is 1. The standard InChI is InChI=1S/C21H28F3N3O4S2/c1-10(2)13-7-12(31-19(23)24)8-14(11(3)4)17(13)26-20(28)27-33(25,30)18-15(22)9-16(32-18)21(5,6)29/h7-11,19,29H,1-6H3,(H3,25,26,27,28,30). The highest BCUT2D eigenvalue weighted by atomic mass is 32.2. The zero-order valence-corrected chi connectivity index (χ0v) is 20.7. The van der Waals surface area contributed by atoms with E-state index in [1.807, 2.05) is 0 Å². The number of alkyl halides is 2. The molecule has 0 radical (unpaired) electrons. The van der Waals surface area contributed by atoms with Crippen LogP contribution in [0.25, 0.3) is 0 Å². The lowest BCUT2D eigenvalue weighted by molar-refractivity contribution is -0.0499. The number of halogens is 3. The molecule has 0 aliphatic rings. The lowest BCUT2D eigenvalue weighted by Crippen LogP contribution is -2.19. The SMILES string of the molecule is CC(C)c1cc(OC(F)F)cc(C(C)C)c1NC(=O)N=S(N)(=O)c1sc(C(C)(C)O)cc1F. The van der Waals surface area contributed by atoms with Gasteiger partial charge in [-0.3, -0.25) is 0 Å². The molecule has 0 fully saturated rings. The third-order valence-electron chi connectivity index (χ3n) is 4.62. The van der Waals surface area contributed by atoms with E-state index < -0.39 is 38.2 Å². The highest BCUT2D eigenvalue weighted by Crippen LogP contribution is 2.37. The molecule has 4 N–H and O–H groups in total. The average molecular weight is 508 g/mol. The van der Waals surface area contributed by atoms with Gasteiger partial charge in [0.1, 0.15) is 5.75 Å². The Morgan fingerprint density at radius 1 is 1.18 bits per heavy atom. The molecule has 1 atom stereocenters. The Hall–Kier alpha value is -2.15. The minimum absolute atomic E-state index is 0.0604. The third kappa shape index (κ3) is 6.69. The summed E-state index contributed by atoms with van der Waals surface area (Å²) < 4.78 is 60.3. The van der Waals surface area contributed by atoms with Crippen molar-refractivity contribution in [3.05, 3.63) is 40.0 Å². The molecule has 1 unspecified atom stereocenters. The number of rotatable bonds is 7. The molecule has 33 heavy (non-hydrogen) atoms. The first-order valence-corrected chi connectivity index (χ1v) is 12.4. The number of urea groups is 1. The molecule has 0 saturated carbocycles. The molecule has 0 spiro atoms. The number of anilines is 1. The molecule has 0 saturated heterocycles. The van der Waals surface area contributed by atoms with Gasteiger partial charge >= 0.3 is 12.6 Å². The summed E-state index contributed by atoms with van der Waals surface area (Å²) in [4.78, 5) is 12.8. The molecule has 2 amide bonds. The molecule has 0 aliphatic carbocycles. The van der Waals surface area contributed by atoms with Gasteiger partial charge in [0.15, 0.2) is 19.9 Å². The highest BCUT2D eigenvalue weighted by molar-refractivity contribution is 7.93. The summed E-state index contributed by atoms with van der Waals surface area (Å²) >= 11 is 0.659. The van der Waals surface area contributed by atoms with Crippen molar-refractivity contribution in [2.45, 2.75) is 69.8 Å². The topological polar surface area (TPSA) is 114 Å². The number of ether oxygens (including phenoxy) is 1. The van der Waals surface area contributed by atoms with E-state index in [-0.39, 0.29) is 22.5 Å². The van der Waals surface area contributed by atoms with Crippen LogP contribution in [0.5, 0.6) is 5.75 Å². The van der Waals surface area contributed by atoms with Gasteiger partial charge in [0.2, 0.25) is 0 Å². The highest BCUT2D eigenvalue weighted by Gasteiger charge is 2.27. The van der Waals surface area contributed by atoms with Gasteiger partial charge < -0.3 is 15.2 Å². The summed E-state index contributed by atoms with van der Waals surface area (Å²) in [5.41, 5.74) is -0.109. The minimum Gasteiger partial charge on any atom is -0.435 e. The Bertz CT molecular complexity index is 1120. The van der Waals surface area contributed by atoms with Gasteiger partial charge in [-0.2, -0.15) is 8.78 Å². The zero-order valence-electron chi connectivity index (χ0n) is 19.1. The maximum Gasteiger partial charge on any atom is 0.387 e. The van der Waals surface area contributed by atoms with Crippen LogP contribution >= 0.6 is 11.3 Å². The van der Waals surface area contributed by atoms with Crippen LogP contribution in [0.2, 0.25) is 0 Å². The number of hydrogen-bond donors (Lipinski definition) is 3. The van der Waals surface area contributed by atoms with Gasteiger partial charge in [0, 0.05) is 10.6 Å². The average Bonchev–Trinajstić information content (AvgIpc) is 3.04. The van der Waals surface area contributed by atoms with Crippen LogP contribution in [0.1, 0.15) is 69.4 Å². The molecule has 184 valence electrons. The predicted molar refractivity (Wildman–Crippen MR) is 123 cm³/mol. The molecule has 1 aromatic carbocycles. The largest absolute Gasteiger partial charge is 0.435 e. The third-order valence-corrected chi connectivity index (χ3v) is 7.96. The minimum atomic E-state index is -3.97. The Labute approximate surface area is 195 Å². The quantitative estimate of drug-likeness (QED) is 0.433. The fourth-order valence-electron chi connectivity index (χ4n) is 3.03. The zero-order chi connectivity index (χ0) is 25.3. The molecule has 2 aromatic rings. The van der Waals surface area contributed by atoms with E-state index in [2.05, 4.69) is 14.4 Å². The predicted octanol–water partition coefficient (Wildman–Crippen LogP) is 5.90. The van der Waals surface area contributed by atoms with Crippen LogP contribution in [0, 0.1) is 5.82 Å². The van der Waals surface area contributed by atoms with Crippen molar-refractivity contribution in [2.75, 3.05) is 5.32 Å². The summed E-state index contributed by atoms with van der Waals surface area (Å²) in [6, 6.07) is 2.67. The number of benzene rings is 1. The molecule has 7 nitrogen and oxygen atoms in total. The second-order valence-electron chi connectivity index (χ2n) is 8.56. The fraction of sp³-hybridized carbons (Fsp3) is 0.476. The monoisotopic (exact) mass is 507 g/mol.